The van der Waals surface area contributed by atoms with Crippen molar-refractivity contribution in [1.82, 2.24) is 15.2 Å². The van der Waals surface area contributed by atoms with E-state index in [1.165, 1.54) is 0 Å². The number of hydrogen-bond acceptors (Lipinski definition) is 3. The predicted molar refractivity (Wildman–Crippen MR) is 77.2 cm³/mol. The maximum Gasteiger partial charge on any atom is 0.248 e. The molecule has 0 aliphatic rings. The summed E-state index contributed by atoms with van der Waals surface area (Å²) in [5.41, 5.74) is 9.60. The molecular formula is C15H14N4O. The normalized spacial score (nSPS) is 10.8. The number of H-pyrrole nitrogens is 1. The third-order valence-corrected chi connectivity index (χ3v) is 3.33. The number of carbonyl (C=O) groups is 1. The Hall–Kier alpha value is -2.69. The molecule has 100 valence electrons. The zero-order chi connectivity index (χ0) is 14.1. The molecule has 0 unspecified atom stereocenters. The highest BCUT2D eigenvalue weighted by molar-refractivity contribution is 5.97. The summed E-state index contributed by atoms with van der Waals surface area (Å²) in [5, 5.41) is 7.77. The van der Waals surface area contributed by atoms with Gasteiger partial charge in [0, 0.05) is 34.0 Å². The zero-order valence-corrected chi connectivity index (χ0v) is 11.1. The van der Waals surface area contributed by atoms with Crippen molar-refractivity contribution < 1.29 is 4.79 Å². The lowest BCUT2D eigenvalue weighted by Crippen LogP contribution is -2.10. The molecule has 2 aromatic heterocycles. The average molecular weight is 266 g/mol. The lowest BCUT2D eigenvalue weighted by molar-refractivity contribution is 0.100. The van der Waals surface area contributed by atoms with Crippen molar-refractivity contribution in [2.75, 3.05) is 0 Å². The lowest BCUT2D eigenvalue weighted by atomic mass is 10.0. The maximum atomic E-state index is 11.2. The molecule has 0 fully saturated rings. The first-order valence-corrected chi connectivity index (χ1v) is 6.41. The van der Waals surface area contributed by atoms with Crippen molar-refractivity contribution in [3.63, 3.8) is 0 Å². The zero-order valence-electron chi connectivity index (χ0n) is 11.1. The number of amides is 1. The Morgan fingerprint density at radius 2 is 2.20 bits per heavy atom. The number of rotatable bonds is 3. The number of nitrogens with zero attached hydrogens (tertiary/aromatic N) is 2. The van der Waals surface area contributed by atoms with Gasteiger partial charge in [-0.2, -0.15) is 5.10 Å². The molecule has 20 heavy (non-hydrogen) atoms. The van der Waals surface area contributed by atoms with Gasteiger partial charge in [0.15, 0.2) is 0 Å². The monoisotopic (exact) mass is 266 g/mol. The molecule has 0 saturated carbocycles. The van der Waals surface area contributed by atoms with Crippen LogP contribution in [0.5, 0.6) is 0 Å². The smallest absolute Gasteiger partial charge is 0.248 e. The highest BCUT2D eigenvalue weighted by Crippen LogP contribution is 2.26. The number of pyridine rings is 1. The molecule has 5 nitrogen and oxygen atoms in total. The van der Waals surface area contributed by atoms with Crippen LogP contribution in [0.1, 0.15) is 23.0 Å². The number of aryl methyl sites for hydroxylation is 1. The van der Waals surface area contributed by atoms with Crippen LogP contribution in [0, 0.1) is 0 Å². The molecule has 1 amide bonds. The number of aromatic amines is 1. The first-order valence-electron chi connectivity index (χ1n) is 6.41. The number of fused-ring (bicyclic) bond motifs is 1. The Morgan fingerprint density at radius 3 is 2.85 bits per heavy atom. The fourth-order valence-electron chi connectivity index (χ4n) is 2.28. The van der Waals surface area contributed by atoms with Gasteiger partial charge in [-0.3, -0.25) is 14.9 Å². The molecule has 3 aromatic rings. The van der Waals surface area contributed by atoms with E-state index >= 15 is 0 Å². The molecule has 0 atom stereocenters. The Labute approximate surface area is 115 Å². The third-order valence-electron chi connectivity index (χ3n) is 3.33. The predicted octanol–water partition coefficient (Wildman–Crippen LogP) is 2.29. The van der Waals surface area contributed by atoms with Crippen molar-refractivity contribution in [3.8, 4) is 11.1 Å². The summed E-state index contributed by atoms with van der Waals surface area (Å²) in [6, 6.07) is 7.38. The summed E-state index contributed by atoms with van der Waals surface area (Å²) in [7, 11) is 0. The number of primary amides is 1. The summed E-state index contributed by atoms with van der Waals surface area (Å²) < 4.78 is 0. The second-order valence-electron chi connectivity index (χ2n) is 4.59. The van der Waals surface area contributed by atoms with Gasteiger partial charge in [0.25, 0.3) is 0 Å². The number of nitrogens with one attached hydrogen (secondary N) is 1. The van der Waals surface area contributed by atoms with E-state index in [0.717, 1.165) is 34.1 Å². The van der Waals surface area contributed by atoms with E-state index in [9.17, 15) is 4.79 Å². The number of carbonyl (C=O) groups excluding carboxylic acids is 1. The first-order chi connectivity index (χ1) is 9.69. The van der Waals surface area contributed by atoms with Gasteiger partial charge in [-0.1, -0.05) is 13.0 Å². The van der Waals surface area contributed by atoms with E-state index in [1.54, 1.807) is 18.3 Å². The summed E-state index contributed by atoms with van der Waals surface area (Å²) in [5.74, 6) is -0.439. The fourth-order valence-corrected chi connectivity index (χ4v) is 2.28. The fraction of sp³-hybridized carbons (Fsp3) is 0.133. The van der Waals surface area contributed by atoms with Crippen LogP contribution < -0.4 is 5.73 Å². The molecule has 3 N–H and O–H groups in total. The summed E-state index contributed by atoms with van der Waals surface area (Å²) in [6.45, 7) is 2.05. The van der Waals surface area contributed by atoms with Crippen LogP contribution in [-0.4, -0.2) is 21.1 Å². The summed E-state index contributed by atoms with van der Waals surface area (Å²) >= 11 is 0. The van der Waals surface area contributed by atoms with E-state index in [-0.39, 0.29) is 0 Å². The Bertz CT molecular complexity index is 778. The minimum atomic E-state index is -0.439. The average Bonchev–Trinajstić information content (AvgIpc) is 2.99. The molecule has 0 aliphatic carbocycles. The van der Waals surface area contributed by atoms with Crippen molar-refractivity contribution in [2.24, 2.45) is 5.73 Å². The minimum absolute atomic E-state index is 0.439. The number of nitrogens with two attached hydrogens (primary N) is 1. The molecule has 2 heterocycles. The Balaban J connectivity index is 2.23. The van der Waals surface area contributed by atoms with Crippen LogP contribution in [0.25, 0.3) is 22.0 Å². The van der Waals surface area contributed by atoms with E-state index in [1.807, 2.05) is 12.3 Å². The molecule has 3 rings (SSSR count). The summed E-state index contributed by atoms with van der Waals surface area (Å²) in [6.07, 6.45) is 4.43. The lowest BCUT2D eigenvalue weighted by Gasteiger charge is -2.08. The van der Waals surface area contributed by atoms with Gasteiger partial charge in [0.1, 0.15) is 0 Å². The van der Waals surface area contributed by atoms with Crippen molar-refractivity contribution in [1.29, 1.82) is 0 Å². The second-order valence-corrected chi connectivity index (χ2v) is 4.59. The van der Waals surface area contributed by atoms with Gasteiger partial charge in [-0.25, -0.2) is 0 Å². The highest BCUT2D eigenvalue weighted by atomic mass is 16.1. The van der Waals surface area contributed by atoms with Crippen LogP contribution >= 0.6 is 0 Å². The largest absolute Gasteiger partial charge is 0.366 e. The molecule has 0 saturated heterocycles. The van der Waals surface area contributed by atoms with Crippen LogP contribution in [0.3, 0.4) is 0 Å². The van der Waals surface area contributed by atoms with Gasteiger partial charge < -0.3 is 5.73 Å². The standard InChI is InChI=1S/C15H14N4O/c1-2-13-12(11-7-17-18-8-11)5-9-3-4-10(15(16)20)6-14(9)19-13/h3-8H,2H2,1H3,(H2,16,20)(H,17,18). The topological polar surface area (TPSA) is 84.7 Å². The van der Waals surface area contributed by atoms with Crippen molar-refractivity contribution in [3.05, 3.63) is 47.9 Å². The molecule has 0 bridgehead atoms. The molecule has 0 aliphatic heterocycles. The Morgan fingerprint density at radius 1 is 1.35 bits per heavy atom. The highest BCUT2D eigenvalue weighted by Gasteiger charge is 2.10. The molecule has 0 spiro atoms. The first kappa shape index (κ1) is 12.3. The van der Waals surface area contributed by atoms with Crippen LogP contribution in [0.2, 0.25) is 0 Å². The SMILES string of the molecule is CCc1nc2cc(C(N)=O)ccc2cc1-c1cn[nH]c1. The van der Waals surface area contributed by atoms with E-state index < -0.39 is 5.91 Å². The number of aromatic nitrogens is 3. The minimum Gasteiger partial charge on any atom is -0.366 e. The van der Waals surface area contributed by atoms with Gasteiger partial charge in [-0.15, -0.1) is 0 Å². The Kier molecular flexibility index (Phi) is 2.95. The molecule has 0 radical (unpaired) electrons. The molecule has 5 heteroatoms. The van der Waals surface area contributed by atoms with Gasteiger partial charge >= 0.3 is 0 Å². The number of hydrogen-bond donors (Lipinski definition) is 2. The van der Waals surface area contributed by atoms with Crippen LogP contribution in [-0.2, 0) is 6.42 Å². The molecular weight excluding hydrogens is 252 g/mol. The van der Waals surface area contributed by atoms with Gasteiger partial charge in [0.2, 0.25) is 5.91 Å². The van der Waals surface area contributed by atoms with E-state index in [2.05, 4.69) is 28.2 Å². The molecule has 1 aromatic carbocycles. The van der Waals surface area contributed by atoms with Crippen molar-refractivity contribution in [2.45, 2.75) is 13.3 Å². The van der Waals surface area contributed by atoms with Crippen LogP contribution in [0.15, 0.2) is 36.7 Å². The van der Waals surface area contributed by atoms with E-state index in [0.29, 0.717) is 5.56 Å². The maximum absolute atomic E-state index is 11.2. The third kappa shape index (κ3) is 2.03. The number of benzene rings is 1. The van der Waals surface area contributed by atoms with Crippen molar-refractivity contribution >= 4 is 16.8 Å². The second kappa shape index (κ2) is 4.77. The van der Waals surface area contributed by atoms with E-state index in [4.69, 9.17) is 5.73 Å². The van der Waals surface area contributed by atoms with Crippen LogP contribution in [0.4, 0.5) is 0 Å². The summed E-state index contributed by atoms with van der Waals surface area (Å²) in [4.78, 5) is 15.9. The quantitative estimate of drug-likeness (QED) is 0.762. The van der Waals surface area contributed by atoms with Gasteiger partial charge in [0.05, 0.1) is 11.7 Å². The van der Waals surface area contributed by atoms with Gasteiger partial charge in [-0.05, 0) is 24.6 Å².